The maximum Gasteiger partial charge on any atom is 0.244 e. The minimum atomic E-state index is -0.183. The zero-order chi connectivity index (χ0) is 20.2. The number of imidazole rings is 1. The number of nitrogens with zero attached hydrogens (tertiary/aromatic N) is 3. The Balaban J connectivity index is 1.58. The summed E-state index contributed by atoms with van der Waals surface area (Å²) in [4.78, 5) is 32.9. The van der Waals surface area contributed by atoms with Gasteiger partial charge in [-0.15, -0.1) is 0 Å². The van der Waals surface area contributed by atoms with Gasteiger partial charge >= 0.3 is 0 Å². The lowest BCUT2D eigenvalue weighted by Gasteiger charge is -2.10. The van der Waals surface area contributed by atoms with Crippen LogP contribution in [0.4, 0.5) is 11.4 Å². The number of fused-ring (bicyclic) bond motifs is 1. The molecule has 2 N–H and O–H groups in total. The third-order valence-electron chi connectivity index (χ3n) is 4.34. The van der Waals surface area contributed by atoms with E-state index in [4.69, 9.17) is 0 Å². The molecule has 2 aromatic heterocycles. The van der Waals surface area contributed by atoms with Crippen LogP contribution in [-0.4, -0.2) is 26.3 Å². The Morgan fingerprint density at radius 3 is 2.28 bits per heavy atom. The Kier molecular flexibility index (Phi) is 5.03. The van der Waals surface area contributed by atoms with Crippen molar-refractivity contribution in [2.75, 3.05) is 10.6 Å². The first-order chi connectivity index (χ1) is 14.1. The number of nitrogens with one attached hydrogen (secondary N) is 2. The van der Waals surface area contributed by atoms with E-state index in [0.717, 1.165) is 11.0 Å². The van der Waals surface area contributed by atoms with Crippen molar-refractivity contribution < 1.29 is 9.59 Å². The molecule has 0 aliphatic carbocycles. The maximum absolute atomic E-state index is 12.7. The van der Waals surface area contributed by atoms with Crippen LogP contribution < -0.4 is 10.6 Å². The zero-order valence-electron chi connectivity index (χ0n) is 15.8. The number of benzene rings is 2. The van der Waals surface area contributed by atoms with Crippen LogP contribution in [0, 0.1) is 0 Å². The molecule has 0 saturated carbocycles. The molecule has 4 aromatic rings. The van der Waals surface area contributed by atoms with Gasteiger partial charge in [0.15, 0.2) is 5.82 Å². The van der Waals surface area contributed by atoms with Gasteiger partial charge in [0, 0.05) is 24.5 Å². The van der Waals surface area contributed by atoms with Crippen molar-refractivity contribution in [3.8, 4) is 11.5 Å². The third-order valence-corrected chi connectivity index (χ3v) is 4.34. The van der Waals surface area contributed by atoms with Gasteiger partial charge in [-0.1, -0.05) is 18.2 Å². The number of carbonyl (C=O) groups is 2. The number of rotatable bonds is 5. The molecule has 0 aliphatic rings. The molecule has 0 radical (unpaired) electrons. The standard InChI is InChI=1S/C22H19N5O2/c1-15(28)24-16-9-11-17(12-10-16)25-21(29)14-27-20-8-3-2-6-18(20)26-22(27)19-7-4-5-13-23-19/h2-13H,14H2,1H3,(H,24,28)(H,25,29). The normalized spacial score (nSPS) is 10.7. The molecule has 4 rings (SSSR count). The summed E-state index contributed by atoms with van der Waals surface area (Å²) in [6.45, 7) is 1.55. The van der Waals surface area contributed by atoms with Crippen molar-refractivity contribution in [3.05, 3.63) is 72.9 Å². The Morgan fingerprint density at radius 1 is 0.897 bits per heavy atom. The van der Waals surface area contributed by atoms with Gasteiger partial charge in [-0.05, 0) is 48.5 Å². The lowest BCUT2D eigenvalue weighted by Crippen LogP contribution is -2.19. The number of para-hydroxylation sites is 2. The topological polar surface area (TPSA) is 88.9 Å². The van der Waals surface area contributed by atoms with E-state index >= 15 is 0 Å². The monoisotopic (exact) mass is 385 g/mol. The summed E-state index contributed by atoms with van der Waals surface area (Å²) in [7, 11) is 0. The Labute approximate surface area is 167 Å². The second kappa shape index (κ2) is 7.93. The van der Waals surface area contributed by atoms with Crippen LogP contribution in [0.5, 0.6) is 0 Å². The fourth-order valence-electron chi connectivity index (χ4n) is 3.11. The van der Waals surface area contributed by atoms with Gasteiger partial charge in [0.25, 0.3) is 0 Å². The van der Waals surface area contributed by atoms with Crippen molar-refractivity contribution in [1.82, 2.24) is 14.5 Å². The smallest absolute Gasteiger partial charge is 0.244 e. The quantitative estimate of drug-likeness (QED) is 0.548. The second-order valence-electron chi connectivity index (χ2n) is 6.53. The first-order valence-corrected chi connectivity index (χ1v) is 9.14. The van der Waals surface area contributed by atoms with Crippen LogP contribution in [0.3, 0.4) is 0 Å². The molecule has 7 nitrogen and oxygen atoms in total. The number of pyridine rings is 1. The van der Waals surface area contributed by atoms with E-state index in [9.17, 15) is 9.59 Å². The maximum atomic E-state index is 12.7. The number of carbonyl (C=O) groups excluding carboxylic acids is 2. The lowest BCUT2D eigenvalue weighted by molar-refractivity contribution is -0.116. The highest BCUT2D eigenvalue weighted by molar-refractivity contribution is 5.93. The number of hydrogen-bond donors (Lipinski definition) is 2. The highest BCUT2D eigenvalue weighted by atomic mass is 16.2. The summed E-state index contributed by atoms with van der Waals surface area (Å²) in [5, 5.41) is 5.58. The third kappa shape index (κ3) is 4.14. The van der Waals surface area contributed by atoms with Gasteiger partial charge in [-0.2, -0.15) is 0 Å². The molecule has 2 heterocycles. The molecule has 0 unspecified atom stereocenters. The van der Waals surface area contributed by atoms with Gasteiger partial charge < -0.3 is 15.2 Å². The van der Waals surface area contributed by atoms with Gasteiger partial charge in [-0.25, -0.2) is 4.98 Å². The van der Waals surface area contributed by atoms with Crippen LogP contribution in [0.2, 0.25) is 0 Å². The molecule has 0 saturated heterocycles. The van der Waals surface area contributed by atoms with Crippen molar-refractivity contribution in [1.29, 1.82) is 0 Å². The summed E-state index contributed by atoms with van der Waals surface area (Å²) in [5.41, 5.74) is 3.70. The van der Waals surface area contributed by atoms with Crippen molar-refractivity contribution >= 4 is 34.2 Å². The number of hydrogen-bond acceptors (Lipinski definition) is 4. The highest BCUT2D eigenvalue weighted by Gasteiger charge is 2.16. The van der Waals surface area contributed by atoms with Crippen LogP contribution in [-0.2, 0) is 16.1 Å². The predicted molar refractivity (Wildman–Crippen MR) is 112 cm³/mol. The summed E-state index contributed by atoms with van der Waals surface area (Å²) in [6.07, 6.45) is 1.70. The van der Waals surface area contributed by atoms with Crippen LogP contribution in [0.25, 0.3) is 22.6 Å². The van der Waals surface area contributed by atoms with Gasteiger partial charge in [0.2, 0.25) is 11.8 Å². The average Bonchev–Trinajstić information content (AvgIpc) is 3.08. The van der Waals surface area contributed by atoms with E-state index in [1.54, 1.807) is 30.5 Å². The highest BCUT2D eigenvalue weighted by Crippen LogP contribution is 2.23. The molecule has 0 spiro atoms. The molecule has 2 aromatic carbocycles. The largest absolute Gasteiger partial charge is 0.326 e. The van der Waals surface area contributed by atoms with E-state index in [0.29, 0.717) is 22.9 Å². The molecule has 0 fully saturated rings. The van der Waals surface area contributed by atoms with E-state index in [1.807, 2.05) is 47.0 Å². The Bertz CT molecular complexity index is 1170. The molecular weight excluding hydrogens is 366 g/mol. The Hall–Kier alpha value is -4.00. The number of aromatic nitrogens is 3. The first kappa shape index (κ1) is 18.4. The summed E-state index contributed by atoms with van der Waals surface area (Å²) in [6, 6.07) is 20.3. The van der Waals surface area contributed by atoms with Crippen molar-refractivity contribution in [2.45, 2.75) is 13.5 Å². The van der Waals surface area contributed by atoms with E-state index in [2.05, 4.69) is 20.6 Å². The predicted octanol–water partition coefficient (Wildman–Crippen LogP) is 3.70. The molecule has 144 valence electrons. The molecule has 0 atom stereocenters. The average molecular weight is 385 g/mol. The van der Waals surface area contributed by atoms with Crippen molar-refractivity contribution in [2.24, 2.45) is 0 Å². The lowest BCUT2D eigenvalue weighted by atomic mass is 10.2. The van der Waals surface area contributed by atoms with E-state index in [-0.39, 0.29) is 18.4 Å². The minimum absolute atomic E-state index is 0.0971. The first-order valence-electron chi connectivity index (χ1n) is 9.14. The fraction of sp³-hybridized carbons (Fsp3) is 0.0909. The zero-order valence-corrected chi connectivity index (χ0v) is 15.8. The molecule has 0 aliphatic heterocycles. The van der Waals surface area contributed by atoms with Gasteiger partial charge in [0.1, 0.15) is 12.2 Å². The van der Waals surface area contributed by atoms with Gasteiger partial charge in [-0.3, -0.25) is 14.6 Å². The minimum Gasteiger partial charge on any atom is -0.326 e. The van der Waals surface area contributed by atoms with Crippen LogP contribution in [0.15, 0.2) is 72.9 Å². The molecule has 2 amide bonds. The van der Waals surface area contributed by atoms with Crippen LogP contribution >= 0.6 is 0 Å². The number of amides is 2. The summed E-state index contributed by atoms with van der Waals surface area (Å²) < 4.78 is 1.86. The van der Waals surface area contributed by atoms with Crippen LogP contribution in [0.1, 0.15) is 6.92 Å². The Morgan fingerprint density at radius 2 is 1.59 bits per heavy atom. The second-order valence-corrected chi connectivity index (χ2v) is 6.53. The van der Waals surface area contributed by atoms with E-state index < -0.39 is 0 Å². The fourth-order valence-corrected chi connectivity index (χ4v) is 3.11. The molecular formula is C22H19N5O2. The molecule has 29 heavy (non-hydrogen) atoms. The van der Waals surface area contributed by atoms with E-state index in [1.165, 1.54) is 6.92 Å². The summed E-state index contributed by atoms with van der Waals surface area (Å²) in [5.74, 6) is 0.316. The summed E-state index contributed by atoms with van der Waals surface area (Å²) >= 11 is 0. The molecule has 0 bridgehead atoms. The number of anilines is 2. The molecule has 7 heteroatoms. The SMILES string of the molecule is CC(=O)Nc1ccc(NC(=O)Cn2c(-c3ccccn3)nc3ccccc32)cc1. The van der Waals surface area contributed by atoms with Crippen molar-refractivity contribution in [3.63, 3.8) is 0 Å². The van der Waals surface area contributed by atoms with Gasteiger partial charge in [0.05, 0.1) is 11.0 Å².